The summed E-state index contributed by atoms with van der Waals surface area (Å²) in [7, 11) is 0. The first-order valence-electron chi connectivity index (χ1n) is 7.51. The Balaban J connectivity index is 1.97. The number of aliphatic carboxylic acids is 1. The number of carbonyl (C=O) groups is 2. The molecule has 20 heavy (non-hydrogen) atoms. The third kappa shape index (κ3) is 2.75. The molecule has 0 aromatic heterocycles. The van der Waals surface area contributed by atoms with Crippen molar-refractivity contribution in [2.45, 2.75) is 38.6 Å². The average Bonchev–Trinajstić information content (AvgIpc) is 2.83. The third-order valence-corrected chi connectivity index (χ3v) is 4.52. The number of amides is 2. The summed E-state index contributed by atoms with van der Waals surface area (Å²) in [5, 5.41) is 9.38. The molecular weight excluding hydrogens is 258 g/mol. The van der Waals surface area contributed by atoms with E-state index in [1.807, 2.05) is 0 Å². The molecule has 2 rings (SSSR count). The van der Waals surface area contributed by atoms with Gasteiger partial charge in [-0.3, -0.25) is 4.90 Å². The van der Waals surface area contributed by atoms with Gasteiger partial charge < -0.3 is 14.9 Å². The summed E-state index contributed by atoms with van der Waals surface area (Å²) in [6.45, 7) is 8.60. The number of carbonyl (C=O) groups excluding carboxylic acids is 1. The lowest BCUT2D eigenvalue weighted by Crippen LogP contribution is -2.58. The first-order valence-corrected chi connectivity index (χ1v) is 7.51. The molecule has 0 aliphatic carbocycles. The van der Waals surface area contributed by atoms with Crippen LogP contribution in [0, 0.1) is 0 Å². The van der Waals surface area contributed by atoms with E-state index in [2.05, 4.69) is 11.8 Å². The number of hydrogen-bond donors (Lipinski definition) is 1. The summed E-state index contributed by atoms with van der Waals surface area (Å²) >= 11 is 0. The summed E-state index contributed by atoms with van der Waals surface area (Å²) in [6, 6.07) is -0.108. The van der Waals surface area contributed by atoms with Crippen molar-refractivity contribution in [1.29, 1.82) is 0 Å². The number of nitrogens with zero attached hydrogens (tertiary/aromatic N) is 3. The van der Waals surface area contributed by atoms with Crippen LogP contribution >= 0.6 is 0 Å². The van der Waals surface area contributed by atoms with E-state index in [0.29, 0.717) is 26.1 Å². The van der Waals surface area contributed by atoms with E-state index in [4.69, 9.17) is 0 Å². The van der Waals surface area contributed by atoms with E-state index in [1.165, 1.54) is 0 Å². The van der Waals surface area contributed by atoms with E-state index in [-0.39, 0.29) is 6.03 Å². The van der Waals surface area contributed by atoms with Gasteiger partial charge in [-0.1, -0.05) is 6.92 Å². The normalized spacial score (nSPS) is 27.9. The molecule has 2 amide bonds. The lowest BCUT2D eigenvalue weighted by atomic mass is 10.00. The quantitative estimate of drug-likeness (QED) is 0.841. The van der Waals surface area contributed by atoms with E-state index in [1.54, 1.807) is 16.7 Å². The molecule has 0 radical (unpaired) electrons. The maximum absolute atomic E-state index is 12.6. The summed E-state index contributed by atoms with van der Waals surface area (Å²) in [5.74, 6) is -0.895. The van der Waals surface area contributed by atoms with E-state index >= 15 is 0 Å². The fraction of sp³-hybridized carbons (Fsp3) is 0.857. The molecular formula is C14H25N3O3. The second-order valence-corrected chi connectivity index (χ2v) is 5.95. The highest BCUT2D eigenvalue weighted by molar-refractivity contribution is 5.86. The number of hydrogen-bond acceptors (Lipinski definition) is 3. The van der Waals surface area contributed by atoms with Gasteiger partial charge in [-0.05, 0) is 32.7 Å². The molecule has 2 aliphatic rings. The molecule has 1 unspecified atom stereocenters. The monoisotopic (exact) mass is 283 g/mol. The predicted octanol–water partition coefficient (Wildman–Crippen LogP) is 1.07. The van der Waals surface area contributed by atoms with Crippen molar-refractivity contribution < 1.29 is 14.7 Å². The number of urea groups is 1. The summed E-state index contributed by atoms with van der Waals surface area (Å²) in [6.07, 6.45) is 2.44. The molecule has 2 fully saturated rings. The molecule has 2 saturated heterocycles. The van der Waals surface area contributed by atoms with Crippen LogP contribution in [0.3, 0.4) is 0 Å². The SMILES string of the molecule is CCCN1CCN(C(=O)N2CCCC2(C)C(=O)O)CC1. The van der Waals surface area contributed by atoms with Crippen LogP contribution < -0.4 is 0 Å². The van der Waals surface area contributed by atoms with Crippen LogP contribution in [-0.2, 0) is 4.79 Å². The van der Waals surface area contributed by atoms with E-state index < -0.39 is 11.5 Å². The largest absolute Gasteiger partial charge is 0.480 e. The van der Waals surface area contributed by atoms with Gasteiger partial charge in [0.05, 0.1) is 0 Å². The van der Waals surface area contributed by atoms with Gasteiger partial charge in [0.2, 0.25) is 0 Å². The van der Waals surface area contributed by atoms with Crippen molar-refractivity contribution in [2.24, 2.45) is 0 Å². The zero-order valence-electron chi connectivity index (χ0n) is 12.5. The molecule has 1 N–H and O–H groups in total. The average molecular weight is 283 g/mol. The molecule has 0 bridgehead atoms. The van der Waals surface area contributed by atoms with Gasteiger partial charge in [-0.25, -0.2) is 9.59 Å². The number of piperazine rings is 1. The topological polar surface area (TPSA) is 64.1 Å². The zero-order chi connectivity index (χ0) is 14.8. The Morgan fingerprint density at radius 3 is 2.35 bits per heavy atom. The van der Waals surface area contributed by atoms with Crippen LogP contribution in [0.5, 0.6) is 0 Å². The molecule has 1 atom stereocenters. The van der Waals surface area contributed by atoms with Crippen LogP contribution in [0.15, 0.2) is 0 Å². The minimum atomic E-state index is -1.03. The third-order valence-electron chi connectivity index (χ3n) is 4.52. The number of carboxylic acid groups (broad SMARTS) is 1. The van der Waals surface area contributed by atoms with Crippen molar-refractivity contribution in [1.82, 2.24) is 14.7 Å². The Hall–Kier alpha value is -1.30. The molecule has 0 aromatic carbocycles. The standard InChI is InChI=1S/C14H25N3O3/c1-3-6-15-8-10-16(11-9-15)13(20)17-7-4-5-14(17,2)12(18)19/h3-11H2,1-2H3,(H,18,19). The summed E-state index contributed by atoms with van der Waals surface area (Å²) < 4.78 is 0. The van der Waals surface area contributed by atoms with E-state index in [0.717, 1.165) is 32.5 Å². The Labute approximate surface area is 120 Å². The molecule has 6 heteroatoms. The van der Waals surface area contributed by atoms with Crippen molar-refractivity contribution in [3.05, 3.63) is 0 Å². The van der Waals surface area contributed by atoms with Gasteiger partial charge in [0, 0.05) is 32.7 Å². The van der Waals surface area contributed by atoms with Crippen molar-refractivity contribution in [3.63, 3.8) is 0 Å². The van der Waals surface area contributed by atoms with Gasteiger partial charge in [0.15, 0.2) is 0 Å². The molecule has 0 aromatic rings. The minimum Gasteiger partial charge on any atom is -0.480 e. The molecule has 2 aliphatic heterocycles. The number of rotatable bonds is 3. The Bertz CT molecular complexity index is 380. The van der Waals surface area contributed by atoms with Gasteiger partial charge in [-0.15, -0.1) is 0 Å². The molecule has 6 nitrogen and oxygen atoms in total. The highest BCUT2D eigenvalue weighted by Gasteiger charge is 2.47. The summed E-state index contributed by atoms with van der Waals surface area (Å²) in [4.78, 5) is 29.7. The van der Waals surface area contributed by atoms with Gasteiger partial charge in [0.25, 0.3) is 0 Å². The maximum atomic E-state index is 12.6. The Morgan fingerprint density at radius 2 is 1.80 bits per heavy atom. The second kappa shape index (κ2) is 5.99. The summed E-state index contributed by atoms with van der Waals surface area (Å²) in [5.41, 5.74) is -1.03. The van der Waals surface area contributed by atoms with Crippen LogP contribution in [0.4, 0.5) is 4.79 Å². The van der Waals surface area contributed by atoms with Gasteiger partial charge >= 0.3 is 12.0 Å². The first-order chi connectivity index (χ1) is 9.49. The Kier molecular flexibility index (Phi) is 4.52. The molecule has 0 spiro atoms. The highest BCUT2D eigenvalue weighted by atomic mass is 16.4. The minimum absolute atomic E-state index is 0.108. The lowest BCUT2D eigenvalue weighted by Gasteiger charge is -2.40. The predicted molar refractivity (Wildman–Crippen MR) is 75.7 cm³/mol. The van der Waals surface area contributed by atoms with Crippen molar-refractivity contribution in [3.8, 4) is 0 Å². The lowest BCUT2D eigenvalue weighted by molar-refractivity contribution is -0.147. The fourth-order valence-corrected chi connectivity index (χ4v) is 3.14. The van der Waals surface area contributed by atoms with Crippen LogP contribution in [-0.4, -0.2) is 76.6 Å². The van der Waals surface area contributed by atoms with Gasteiger partial charge in [0.1, 0.15) is 5.54 Å². The van der Waals surface area contributed by atoms with Crippen LogP contribution in [0.25, 0.3) is 0 Å². The zero-order valence-corrected chi connectivity index (χ0v) is 12.5. The van der Waals surface area contributed by atoms with Crippen molar-refractivity contribution in [2.75, 3.05) is 39.3 Å². The van der Waals surface area contributed by atoms with Crippen LogP contribution in [0.2, 0.25) is 0 Å². The smallest absolute Gasteiger partial charge is 0.329 e. The molecule has 0 saturated carbocycles. The number of likely N-dealkylation sites (tertiary alicyclic amines) is 1. The van der Waals surface area contributed by atoms with Gasteiger partial charge in [-0.2, -0.15) is 0 Å². The fourth-order valence-electron chi connectivity index (χ4n) is 3.14. The highest BCUT2D eigenvalue weighted by Crippen LogP contribution is 2.30. The molecule has 2 heterocycles. The van der Waals surface area contributed by atoms with Crippen LogP contribution in [0.1, 0.15) is 33.1 Å². The number of carboxylic acids is 1. The van der Waals surface area contributed by atoms with Crippen molar-refractivity contribution >= 4 is 12.0 Å². The first kappa shape index (κ1) is 15.1. The molecule has 114 valence electrons. The second-order valence-electron chi connectivity index (χ2n) is 5.95. The van der Waals surface area contributed by atoms with E-state index in [9.17, 15) is 14.7 Å². The maximum Gasteiger partial charge on any atom is 0.329 e. The Morgan fingerprint density at radius 1 is 1.15 bits per heavy atom.